The molecular weight excluding hydrogens is 216 g/mol. The van der Waals surface area contributed by atoms with Gasteiger partial charge in [0.25, 0.3) is 0 Å². The molecule has 3 rings (SSSR count). The Morgan fingerprint density at radius 2 is 2.29 bits per heavy atom. The molecular formula is C13H16N2O2. The lowest BCUT2D eigenvalue weighted by molar-refractivity contribution is 0.00846. The van der Waals surface area contributed by atoms with E-state index in [1.165, 1.54) is 5.52 Å². The molecule has 1 aliphatic heterocycles. The second-order valence-electron chi connectivity index (χ2n) is 4.34. The second-order valence-corrected chi connectivity index (χ2v) is 4.34. The SMILES string of the molecule is OCCOC1CCCn2c1nc1ccccc12. The van der Waals surface area contributed by atoms with E-state index in [2.05, 4.69) is 15.6 Å². The quantitative estimate of drug-likeness (QED) is 0.879. The summed E-state index contributed by atoms with van der Waals surface area (Å²) in [5, 5.41) is 8.83. The number of aryl methyl sites for hydroxylation is 1. The van der Waals surface area contributed by atoms with Crippen molar-refractivity contribution in [1.29, 1.82) is 0 Å². The maximum absolute atomic E-state index is 8.83. The number of benzene rings is 1. The first kappa shape index (κ1) is 10.7. The third-order valence-electron chi connectivity index (χ3n) is 3.23. The fourth-order valence-electron chi connectivity index (χ4n) is 2.49. The van der Waals surface area contributed by atoms with E-state index in [1.807, 2.05) is 18.2 Å². The highest BCUT2D eigenvalue weighted by molar-refractivity contribution is 5.76. The molecule has 0 fully saturated rings. The Bertz CT molecular complexity index is 521. The molecule has 0 saturated heterocycles. The largest absolute Gasteiger partial charge is 0.394 e. The summed E-state index contributed by atoms with van der Waals surface area (Å²) in [6.07, 6.45) is 2.12. The summed E-state index contributed by atoms with van der Waals surface area (Å²) in [4.78, 5) is 4.64. The zero-order valence-electron chi connectivity index (χ0n) is 9.67. The van der Waals surface area contributed by atoms with Crippen LogP contribution in [0.5, 0.6) is 0 Å². The van der Waals surface area contributed by atoms with E-state index in [-0.39, 0.29) is 12.7 Å². The number of aromatic nitrogens is 2. The second kappa shape index (κ2) is 4.47. The molecule has 1 N–H and O–H groups in total. The van der Waals surface area contributed by atoms with Crippen LogP contribution < -0.4 is 0 Å². The number of ether oxygens (including phenoxy) is 1. The fraction of sp³-hybridized carbons (Fsp3) is 0.462. The molecule has 0 bridgehead atoms. The van der Waals surface area contributed by atoms with Gasteiger partial charge in [0.2, 0.25) is 0 Å². The molecule has 1 aromatic heterocycles. The lowest BCUT2D eigenvalue weighted by atomic mass is 10.1. The first-order chi connectivity index (χ1) is 8.40. The molecule has 4 nitrogen and oxygen atoms in total. The van der Waals surface area contributed by atoms with Crippen molar-refractivity contribution in [3.05, 3.63) is 30.1 Å². The van der Waals surface area contributed by atoms with Crippen molar-refractivity contribution < 1.29 is 9.84 Å². The smallest absolute Gasteiger partial charge is 0.139 e. The molecule has 0 saturated carbocycles. The van der Waals surface area contributed by atoms with E-state index in [1.54, 1.807) is 0 Å². The Hall–Kier alpha value is -1.39. The number of nitrogens with zero attached hydrogens (tertiary/aromatic N) is 2. The molecule has 0 amide bonds. The number of aliphatic hydroxyl groups excluding tert-OH is 1. The minimum absolute atomic E-state index is 0.0308. The summed E-state index contributed by atoms with van der Waals surface area (Å²) in [7, 11) is 0. The van der Waals surface area contributed by atoms with Gasteiger partial charge in [-0.2, -0.15) is 0 Å². The monoisotopic (exact) mass is 232 g/mol. The van der Waals surface area contributed by atoms with Crippen LogP contribution in [0.1, 0.15) is 24.8 Å². The van der Waals surface area contributed by atoms with Gasteiger partial charge in [-0.25, -0.2) is 4.98 Å². The molecule has 90 valence electrons. The van der Waals surface area contributed by atoms with E-state index < -0.39 is 0 Å². The van der Waals surface area contributed by atoms with Gasteiger partial charge in [0.15, 0.2) is 0 Å². The molecule has 2 aromatic rings. The molecule has 0 aliphatic carbocycles. The summed E-state index contributed by atoms with van der Waals surface area (Å²) >= 11 is 0. The number of rotatable bonds is 3. The Labute approximate surface area is 99.8 Å². The van der Waals surface area contributed by atoms with Crippen LogP contribution in [0, 0.1) is 0 Å². The minimum Gasteiger partial charge on any atom is -0.394 e. The van der Waals surface area contributed by atoms with Gasteiger partial charge in [-0.3, -0.25) is 0 Å². The Kier molecular flexibility index (Phi) is 2.82. The van der Waals surface area contributed by atoms with Gasteiger partial charge < -0.3 is 14.4 Å². The first-order valence-corrected chi connectivity index (χ1v) is 6.08. The van der Waals surface area contributed by atoms with Gasteiger partial charge >= 0.3 is 0 Å². The summed E-state index contributed by atoms with van der Waals surface area (Å²) in [6.45, 7) is 1.46. The van der Waals surface area contributed by atoms with E-state index >= 15 is 0 Å². The average molecular weight is 232 g/mol. The van der Waals surface area contributed by atoms with Crippen LogP contribution in [0.15, 0.2) is 24.3 Å². The fourth-order valence-corrected chi connectivity index (χ4v) is 2.49. The van der Waals surface area contributed by atoms with E-state index in [9.17, 15) is 0 Å². The van der Waals surface area contributed by atoms with Crippen LogP contribution in [-0.2, 0) is 11.3 Å². The van der Waals surface area contributed by atoms with Gasteiger partial charge in [0.05, 0.1) is 24.2 Å². The Morgan fingerprint density at radius 1 is 1.41 bits per heavy atom. The van der Waals surface area contributed by atoms with Crippen LogP contribution >= 0.6 is 0 Å². The highest BCUT2D eigenvalue weighted by Crippen LogP contribution is 2.30. The molecule has 4 heteroatoms. The van der Waals surface area contributed by atoms with Gasteiger partial charge in [-0.05, 0) is 25.0 Å². The molecule has 2 heterocycles. The molecule has 1 aliphatic rings. The number of imidazole rings is 1. The number of aliphatic hydroxyl groups is 1. The number of fused-ring (bicyclic) bond motifs is 3. The number of hydrogen-bond donors (Lipinski definition) is 1. The lowest BCUT2D eigenvalue weighted by Gasteiger charge is -2.23. The van der Waals surface area contributed by atoms with Crippen LogP contribution in [0.4, 0.5) is 0 Å². The minimum atomic E-state index is 0.0308. The number of para-hydroxylation sites is 2. The van der Waals surface area contributed by atoms with Crippen molar-refractivity contribution in [2.24, 2.45) is 0 Å². The molecule has 1 atom stereocenters. The third kappa shape index (κ3) is 1.83. The van der Waals surface area contributed by atoms with Crippen molar-refractivity contribution >= 4 is 11.0 Å². The maximum Gasteiger partial charge on any atom is 0.139 e. The Balaban J connectivity index is 2.02. The number of hydrogen-bond acceptors (Lipinski definition) is 3. The average Bonchev–Trinajstić information content (AvgIpc) is 2.75. The van der Waals surface area contributed by atoms with Crippen LogP contribution in [0.3, 0.4) is 0 Å². The highest BCUT2D eigenvalue weighted by atomic mass is 16.5. The van der Waals surface area contributed by atoms with Crippen LogP contribution in [0.25, 0.3) is 11.0 Å². The molecule has 0 spiro atoms. The summed E-state index contributed by atoms with van der Waals surface area (Å²) in [5.74, 6) is 1.01. The summed E-state index contributed by atoms with van der Waals surface area (Å²) in [6, 6.07) is 8.17. The molecule has 17 heavy (non-hydrogen) atoms. The molecule has 1 aromatic carbocycles. The van der Waals surface area contributed by atoms with Crippen molar-refractivity contribution in [3.8, 4) is 0 Å². The van der Waals surface area contributed by atoms with Crippen molar-refractivity contribution in [1.82, 2.24) is 9.55 Å². The van der Waals surface area contributed by atoms with Gasteiger partial charge in [-0.1, -0.05) is 12.1 Å². The summed E-state index contributed by atoms with van der Waals surface area (Å²) in [5.41, 5.74) is 2.21. The third-order valence-corrected chi connectivity index (χ3v) is 3.23. The highest BCUT2D eigenvalue weighted by Gasteiger charge is 2.24. The van der Waals surface area contributed by atoms with E-state index in [0.717, 1.165) is 30.7 Å². The van der Waals surface area contributed by atoms with Gasteiger partial charge in [0.1, 0.15) is 11.9 Å². The molecule has 0 radical (unpaired) electrons. The maximum atomic E-state index is 8.83. The van der Waals surface area contributed by atoms with E-state index in [0.29, 0.717) is 6.61 Å². The van der Waals surface area contributed by atoms with Crippen molar-refractivity contribution in [3.63, 3.8) is 0 Å². The topological polar surface area (TPSA) is 47.3 Å². The summed E-state index contributed by atoms with van der Waals surface area (Å²) < 4.78 is 7.89. The standard InChI is InChI=1S/C13H16N2O2/c16-8-9-17-12-6-3-7-15-11-5-2-1-4-10(11)14-13(12)15/h1-2,4-5,12,16H,3,6-9H2. The van der Waals surface area contributed by atoms with Crippen LogP contribution in [-0.4, -0.2) is 27.9 Å². The van der Waals surface area contributed by atoms with E-state index in [4.69, 9.17) is 9.84 Å². The Morgan fingerprint density at radius 3 is 3.18 bits per heavy atom. The first-order valence-electron chi connectivity index (χ1n) is 6.08. The lowest BCUT2D eigenvalue weighted by Crippen LogP contribution is -2.19. The normalized spacial score (nSPS) is 19.5. The van der Waals surface area contributed by atoms with Gasteiger partial charge in [-0.15, -0.1) is 0 Å². The van der Waals surface area contributed by atoms with Gasteiger partial charge in [0, 0.05) is 6.54 Å². The van der Waals surface area contributed by atoms with Crippen LogP contribution in [0.2, 0.25) is 0 Å². The predicted molar refractivity (Wildman–Crippen MR) is 64.7 cm³/mol. The predicted octanol–water partition coefficient (Wildman–Crippen LogP) is 1.88. The van der Waals surface area contributed by atoms with Crippen molar-refractivity contribution in [2.75, 3.05) is 13.2 Å². The zero-order valence-corrected chi connectivity index (χ0v) is 9.67. The molecule has 1 unspecified atom stereocenters. The van der Waals surface area contributed by atoms with Crippen molar-refractivity contribution in [2.45, 2.75) is 25.5 Å². The zero-order chi connectivity index (χ0) is 11.7.